The number of alkyl carbamates (subject to hydrolysis) is 1. The number of nitrogens with one attached hydrogen (secondary N) is 7. The molecule has 4 fully saturated rings. The number of allylic oxidation sites excluding steroid dienone is 1. The van der Waals surface area contributed by atoms with E-state index in [0.29, 0.717) is 50.2 Å². The minimum absolute atomic E-state index is 0.000171. The van der Waals surface area contributed by atoms with Crippen LogP contribution in [0.4, 0.5) is 4.79 Å². The van der Waals surface area contributed by atoms with E-state index in [2.05, 4.69) is 49.9 Å². The number of H-pyrrole nitrogens is 1. The molecule has 21 nitrogen and oxygen atoms in total. The lowest BCUT2D eigenvalue weighted by atomic mass is 9.68. The number of rotatable bonds is 26. The summed E-state index contributed by atoms with van der Waals surface area (Å²) in [5.41, 5.74) is 1.80. The van der Waals surface area contributed by atoms with E-state index in [-0.39, 0.29) is 49.2 Å². The molecule has 0 bridgehead atoms. The number of methoxy groups -OCH3 is 1. The Morgan fingerprint density at radius 2 is 1.62 bits per heavy atom. The lowest BCUT2D eigenvalue weighted by molar-refractivity contribution is -0.148. The van der Waals surface area contributed by atoms with Gasteiger partial charge in [-0.25, -0.2) is 9.59 Å². The molecule has 4 heterocycles. The van der Waals surface area contributed by atoms with Gasteiger partial charge in [0.1, 0.15) is 60.2 Å². The molecule has 1 spiro atoms. The number of esters is 1. The summed E-state index contributed by atoms with van der Waals surface area (Å²) in [7, 11) is 1.60. The van der Waals surface area contributed by atoms with Gasteiger partial charge in [-0.3, -0.25) is 28.8 Å². The Morgan fingerprint density at radius 3 is 2.27 bits per heavy atom. The molecule has 1 aromatic carbocycles. The third-order valence-corrected chi connectivity index (χ3v) is 16.0. The van der Waals surface area contributed by atoms with Gasteiger partial charge in [-0.2, -0.15) is 11.8 Å². The molecule has 3 aliphatic heterocycles. The summed E-state index contributed by atoms with van der Waals surface area (Å²) in [6, 6.07) is 1.51. The molecule has 7 N–H and O–H groups in total. The van der Waals surface area contributed by atoms with E-state index in [0.717, 1.165) is 17.3 Å². The standard InChI is InChI=1S/C55H82N8O13S/c1-30(2)18-19-43-54(9,76-43)47-46(72-10)42(20-22-55(47)29-74-55)75-53(71)61-40(31(3)4)28-73-52(70)33(7)58-49(67)39(25-35-26-56-37-16-13-12-15-36(35)37)60-48(66)38(21-24-77-11)59-44(65)27-57-51(69)45(32(5)6)62-50(68)41-17-14-23-63(41)34(8)64/h12-13,15-16,18,26,31-33,38-43,45-47,56H,14,17,19-25,27-29H2,1-11H3,(H,57,69)(H,58,67)(H,59,65)(H,60,66)(H,61,71)(H,62,68)/t33-,38-,39-,40-,41?,42+,43+,45?,46+,47+,54-,55-/m0/s1. The van der Waals surface area contributed by atoms with Crippen LogP contribution in [0.1, 0.15) is 106 Å². The number of nitrogens with zero attached hydrogens (tertiary/aromatic N) is 1. The maximum Gasteiger partial charge on any atom is 0.407 e. The predicted molar refractivity (Wildman–Crippen MR) is 289 cm³/mol. The van der Waals surface area contributed by atoms with Crippen molar-refractivity contribution in [3.05, 3.63) is 47.7 Å². The topological polar surface area (TPSA) is 281 Å². The minimum atomic E-state index is -1.24. The van der Waals surface area contributed by atoms with E-state index < -0.39 is 108 Å². The predicted octanol–water partition coefficient (Wildman–Crippen LogP) is 3.58. The number of fused-ring (bicyclic) bond motifs is 1. The molecule has 426 valence electrons. The van der Waals surface area contributed by atoms with Crippen molar-refractivity contribution in [2.75, 3.05) is 45.4 Å². The number of likely N-dealkylation sites (tertiary alicyclic amines) is 1. The van der Waals surface area contributed by atoms with Crippen LogP contribution in [0.25, 0.3) is 10.9 Å². The number of thioether (sulfide) groups is 1. The number of amides is 7. The Balaban J connectivity index is 1.06. The number of hydrogen-bond donors (Lipinski definition) is 7. The Kier molecular flexibility index (Phi) is 21.0. The minimum Gasteiger partial charge on any atom is -0.462 e. The van der Waals surface area contributed by atoms with Crippen LogP contribution in [0.3, 0.4) is 0 Å². The average Bonchev–Trinajstić information content (AvgIpc) is 4.25. The lowest BCUT2D eigenvalue weighted by Crippen LogP contribution is -2.58. The zero-order chi connectivity index (χ0) is 56.4. The van der Waals surface area contributed by atoms with E-state index in [1.54, 1.807) is 27.2 Å². The third-order valence-electron chi connectivity index (χ3n) is 15.3. The van der Waals surface area contributed by atoms with Crippen molar-refractivity contribution in [3.8, 4) is 0 Å². The van der Waals surface area contributed by atoms with Crippen molar-refractivity contribution in [2.45, 2.75) is 173 Å². The Morgan fingerprint density at radius 1 is 0.909 bits per heavy atom. The summed E-state index contributed by atoms with van der Waals surface area (Å²) in [4.78, 5) is 112. The summed E-state index contributed by atoms with van der Waals surface area (Å²) >= 11 is 1.44. The molecule has 3 saturated heterocycles. The summed E-state index contributed by atoms with van der Waals surface area (Å²) in [6.45, 7) is 16.5. The highest BCUT2D eigenvalue weighted by molar-refractivity contribution is 7.98. The van der Waals surface area contributed by atoms with Crippen LogP contribution in [0.2, 0.25) is 0 Å². The van der Waals surface area contributed by atoms with Crippen molar-refractivity contribution in [2.24, 2.45) is 17.8 Å². The molecular weight excluding hydrogens is 1010 g/mol. The SMILES string of the molecule is CO[C@@H]1[C@H](OC(=O)N[C@@H](COC(=O)[C@H](C)NC(=O)[C@H](Cc2c[nH]c3ccccc23)NC(=O)[C@H](CCSC)NC(=O)CNC(=O)C(NC(=O)C2CCCN2C(C)=O)C(C)C)C(C)C)CC[C@]2(CO2)[C@H]1[C@@]1(C)O[C@@H]1CC=C(C)C. The van der Waals surface area contributed by atoms with Gasteiger partial charge in [-0.1, -0.05) is 57.5 Å². The number of hydrogen-bond acceptors (Lipinski definition) is 14. The van der Waals surface area contributed by atoms with Crippen molar-refractivity contribution in [1.82, 2.24) is 41.8 Å². The normalized spacial score (nSPS) is 25.4. The third kappa shape index (κ3) is 15.5. The molecule has 0 radical (unpaired) electrons. The second-order valence-corrected chi connectivity index (χ2v) is 23.0. The van der Waals surface area contributed by atoms with E-state index in [4.69, 9.17) is 23.7 Å². The average molecular weight is 1100 g/mol. The van der Waals surface area contributed by atoms with E-state index in [9.17, 15) is 38.4 Å². The van der Waals surface area contributed by atoms with Crippen molar-refractivity contribution < 1.29 is 62.0 Å². The van der Waals surface area contributed by atoms with Crippen LogP contribution in [0, 0.1) is 17.8 Å². The van der Waals surface area contributed by atoms with E-state index >= 15 is 0 Å². The fourth-order valence-electron chi connectivity index (χ4n) is 10.7. The number of aromatic nitrogens is 1. The number of carbonyl (C=O) groups is 8. The van der Waals surface area contributed by atoms with Gasteiger partial charge in [-0.05, 0) is 102 Å². The molecule has 1 aromatic heterocycles. The van der Waals surface area contributed by atoms with Crippen LogP contribution < -0.4 is 31.9 Å². The zero-order valence-electron chi connectivity index (χ0n) is 46.5. The van der Waals surface area contributed by atoms with E-state index in [1.807, 2.05) is 58.2 Å². The Hall–Kier alpha value is -5.71. The summed E-state index contributed by atoms with van der Waals surface area (Å²) < 4.78 is 30.2. The molecule has 22 heteroatoms. The van der Waals surface area contributed by atoms with Crippen LogP contribution in [0.5, 0.6) is 0 Å². The second-order valence-electron chi connectivity index (χ2n) is 22.0. The molecule has 2 aromatic rings. The smallest absolute Gasteiger partial charge is 0.407 e. The number of carbonyl (C=O) groups excluding carboxylic acids is 8. The van der Waals surface area contributed by atoms with Gasteiger partial charge in [0.05, 0.1) is 31.2 Å². The molecule has 12 atom stereocenters. The van der Waals surface area contributed by atoms with Crippen LogP contribution in [0.15, 0.2) is 42.1 Å². The van der Waals surface area contributed by atoms with Gasteiger partial charge >= 0.3 is 12.1 Å². The second kappa shape index (κ2) is 26.8. The highest BCUT2D eigenvalue weighted by Gasteiger charge is 2.72. The Bertz CT molecular complexity index is 2480. The van der Waals surface area contributed by atoms with Gasteiger partial charge in [0.15, 0.2) is 0 Å². The fourth-order valence-corrected chi connectivity index (χ4v) is 11.2. The van der Waals surface area contributed by atoms with Crippen LogP contribution in [-0.4, -0.2) is 169 Å². The first-order valence-electron chi connectivity index (χ1n) is 26.9. The highest BCUT2D eigenvalue weighted by atomic mass is 32.2. The molecular formula is C55H82N8O13S. The quantitative estimate of drug-likeness (QED) is 0.0403. The molecule has 2 unspecified atom stereocenters. The van der Waals surface area contributed by atoms with Crippen LogP contribution >= 0.6 is 11.8 Å². The monoisotopic (exact) mass is 1090 g/mol. The number of ether oxygens (including phenoxy) is 5. The van der Waals surface area contributed by atoms with Gasteiger partial charge in [0.25, 0.3) is 0 Å². The van der Waals surface area contributed by atoms with E-state index in [1.165, 1.54) is 36.1 Å². The first-order chi connectivity index (χ1) is 36.5. The number of aromatic amines is 1. The largest absolute Gasteiger partial charge is 0.462 e. The Labute approximate surface area is 456 Å². The van der Waals surface area contributed by atoms with Gasteiger partial charge < -0.3 is 65.5 Å². The summed E-state index contributed by atoms with van der Waals surface area (Å²) in [6.07, 6.45) is 7.20. The lowest BCUT2D eigenvalue weighted by Gasteiger charge is -2.42. The molecule has 1 aliphatic carbocycles. The molecule has 1 saturated carbocycles. The summed E-state index contributed by atoms with van der Waals surface area (Å²) in [5.74, 6) is -4.43. The van der Waals surface area contributed by atoms with Crippen molar-refractivity contribution >= 4 is 70.2 Å². The summed E-state index contributed by atoms with van der Waals surface area (Å²) in [5, 5.41) is 17.2. The first-order valence-corrected chi connectivity index (χ1v) is 28.3. The number of para-hydroxylation sites is 1. The first kappa shape index (κ1) is 60.5. The van der Waals surface area contributed by atoms with Crippen LogP contribution in [-0.2, 0) is 63.7 Å². The highest BCUT2D eigenvalue weighted by Crippen LogP contribution is 2.59. The van der Waals surface area contributed by atoms with Gasteiger partial charge in [0, 0.05) is 44.1 Å². The maximum atomic E-state index is 14.2. The molecule has 4 aliphatic rings. The van der Waals surface area contributed by atoms with Gasteiger partial charge in [-0.15, -0.1) is 0 Å². The maximum absolute atomic E-state index is 14.2. The zero-order valence-corrected chi connectivity index (χ0v) is 47.4. The molecule has 7 amide bonds. The number of epoxide rings is 2. The molecule has 77 heavy (non-hydrogen) atoms. The van der Waals surface area contributed by atoms with Gasteiger partial charge in [0.2, 0.25) is 35.4 Å². The molecule has 6 rings (SSSR count). The number of benzene rings is 1. The fraction of sp³-hybridized carbons (Fsp3) is 0.673. The van der Waals surface area contributed by atoms with Crippen molar-refractivity contribution in [3.63, 3.8) is 0 Å². The van der Waals surface area contributed by atoms with Crippen molar-refractivity contribution in [1.29, 1.82) is 0 Å².